The van der Waals surface area contributed by atoms with Crippen LogP contribution in [0, 0.1) is 0 Å². The first kappa shape index (κ1) is 13.8. The van der Waals surface area contributed by atoms with Gasteiger partial charge in [0.1, 0.15) is 4.32 Å². The van der Waals surface area contributed by atoms with Crippen LogP contribution in [0.15, 0.2) is 29.2 Å². The van der Waals surface area contributed by atoms with E-state index in [-0.39, 0.29) is 11.5 Å². The van der Waals surface area contributed by atoms with E-state index in [0.29, 0.717) is 15.8 Å². The van der Waals surface area contributed by atoms with Gasteiger partial charge in [-0.05, 0) is 30.7 Å². The van der Waals surface area contributed by atoms with Crippen molar-refractivity contribution in [3.05, 3.63) is 40.3 Å². The summed E-state index contributed by atoms with van der Waals surface area (Å²) in [6, 6.07) is 6.35. The largest absolute Gasteiger partial charge is 0.478 e. The Hall–Kier alpha value is -1.66. The van der Waals surface area contributed by atoms with E-state index < -0.39 is 5.97 Å². The Balaban J connectivity index is 2.25. The Morgan fingerprint density at radius 3 is 2.53 bits per heavy atom. The van der Waals surface area contributed by atoms with Gasteiger partial charge in [-0.3, -0.25) is 9.69 Å². The molecule has 1 N–H and O–H groups in total. The molecule has 1 aromatic carbocycles. The zero-order valence-corrected chi connectivity index (χ0v) is 11.8. The maximum Gasteiger partial charge on any atom is 0.335 e. The first-order chi connectivity index (χ1) is 9.02. The number of carboxylic acid groups (broad SMARTS) is 1. The summed E-state index contributed by atoms with van der Waals surface area (Å²) in [5.41, 5.74) is 1.000. The molecule has 1 aliphatic heterocycles. The summed E-state index contributed by atoms with van der Waals surface area (Å²) in [6.07, 6.45) is 1.72. The molecule has 6 heteroatoms. The average Bonchev–Trinajstić information content (AvgIpc) is 2.64. The second-order valence-corrected chi connectivity index (χ2v) is 5.53. The number of hydrogen-bond acceptors (Lipinski definition) is 4. The Morgan fingerprint density at radius 2 is 2.05 bits per heavy atom. The molecule has 0 radical (unpaired) electrons. The van der Waals surface area contributed by atoms with Crippen molar-refractivity contribution in [2.24, 2.45) is 0 Å². The molecular formula is C13H11NO3S2. The van der Waals surface area contributed by atoms with Gasteiger partial charge in [0, 0.05) is 6.54 Å². The van der Waals surface area contributed by atoms with E-state index in [0.717, 1.165) is 5.56 Å². The summed E-state index contributed by atoms with van der Waals surface area (Å²) in [5, 5.41) is 8.81. The van der Waals surface area contributed by atoms with Gasteiger partial charge < -0.3 is 5.11 Å². The number of aromatic carboxylic acids is 1. The van der Waals surface area contributed by atoms with E-state index in [9.17, 15) is 9.59 Å². The monoisotopic (exact) mass is 293 g/mol. The smallest absolute Gasteiger partial charge is 0.335 e. The summed E-state index contributed by atoms with van der Waals surface area (Å²) in [4.78, 5) is 24.8. The number of amides is 1. The highest BCUT2D eigenvalue weighted by Gasteiger charge is 2.30. The lowest BCUT2D eigenvalue weighted by Crippen LogP contribution is -2.27. The van der Waals surface area contributed by atoms with Gasteiger partial charge in [0.2, 0.25) is 0 Å². The number of carboxylic acids is 1. The Morgan fingerprint density at radius 1 is 1.42 bits per heavy atom. The van der Waals surface area contributed by atoms with Crippen LogP contribution in [0.25, 0.3) is 6.08 Å². The summed E-state index contributed by atoms with van der Waals surface area (Å²) >= 11 is 6.38. The molecule has 1 amide bonds. The van der Waals surface area contributed by atoms with Crippen LogP contribution in [0.2, 0.25) is 0 Å². The van der Waals surface area contributed by atoms with Crippen LogP contribution >= 0.6 is 24.0 Å². The molecule has 1 saturated heterocycles. The predicted molar refractivity (Wildman–Crippen MR) is 79.0 cm³/mol. The van der Waals surface area contributed by atoms with E-state index in [2.05, 4.69) is 0 Å². The highest BCUT2D eigenvalue weighted by Crippen LogP contribution is 2.32. The molecule has 0 bridgehead atoms. The minimum atomic E-state index is -0.969. The van der Waals surface area contributed by atoms with Crippen molar-refractivity contribution >= 4 is 46.3 Å². The predicted octanol–water partition coefficient (Wildman–Crippen LogP) is 2.61. The number of hydrogen-bond donors (Lipinski definition) is 1. The van der Waals surface area contributed by atoms with Gasteiger partial charge in [-0.1, -0.05) is 36.1 Å². The minimum Gasteiger partial charge on any atom is -0.478 e. The van der Waals surface area contributed by atoms with Crippen LogP contribution in [0.5, 0.6) is 0 Å². The second-order valence-electron chi connectivity index (χ2n) is 3.85. The highest BCUT2D eigenvalue weighted by atomic mass is 32.2. The summed E-state index contributed by atoms with van der Waals surface area (Å²) in [6.45, 7) is 2.43. The van der Waals surface area contributed by atoms with E-state index in [1.165, 1.54) is 28.8 Å². The van der Waals surface area contributed by atoms with Crippen LogP contribution in [0.4, 0.5) is 0 Å². The molecule has 19 heavy (non-hydrogen) atoms. The van der Waals surface area contributed by atoms with Crippen molar-refractivity contribution in [3.8, 4) is 0 Å². The van der Waals surface area contributed by atoms with Gasteiger partial charge in [-0.15, -0.1) is 0 Å². The lowest BCUT2D eigenvalue weighted by molar-refractivity contribution is -0.121. The molecule has 0 aliphatic carbocycles. The molecule has 98 valence electrons. The lowest BCUT2D eigenvalue weighted by Gasteiger charge is -2.09. The first-order valence-corrected chi connectivity index (χ1v) is 6.84. The van der Waals surface area contributed by atoms with Gasteiger partial charge >= 0.3 is 5.97 Å². The summed E-state index contributed by atoms with van der Waals surface area (Å²) < 4.78 is 0.556. The topological polar surface area (TPSA) is 57.6 Å². The molecule has 1 fully saturated rings. The number of likely N-dealkylation sites (N-methyl/N-ethyl adjacent to an activating group) is 1. The number of carbonyl (C=O) groups excluding carboxylic acids is 1. The molecule has 0 spiro atoms. The SMILES string of the molecule is CCN1C(=O)/C(=C\c2ccc(C(=O)O)cc2)SC1=S. The van der Waals surface area contributed by atoms with Crippen LogP contribution in [0.1, 0.15) is 22.8 Å². The summed E-state index contributed by atoms with van der Waals surface area (Å²) in [5.74, 6) is -1.07. The normalized spacial score (nSPS) is 17.3. The first-order valence-electron chi connectivity index (χ1n) is 5.61. The van der Waals surface area contributed by atoms with Crippen molar-refractivity contribution in [3.63, 3.8) is 0 Å². The van der Waals surface area contributed by atoms with Gasteiger partial charge in [0.25, 0.3) is 5.91 Å². The number of nitrogens with zero attached hydrogens (tertiary/aromatic N) is 1. The zero-order valence-electron chi connectivity index (χ0n) is 10.1. The van der Waals surface area contributed by atoms with Crippen molar-refractivity contribution in [2.45, 2.75) is 6.92 Å². The third-order valence-electron chi connectivity index (χ3n) is 2.65. The van der Waals surface area contributed by atoms with Gasteiger partial charge in [0.05, 0.1) is 10.5 Å². The van der Waals surface area contributed by atoms with Crippen molar-refractivity contribution in [1.29, 1.82) is 0 Å². The number of carbonyl (C=O) groups is 2. The average molecular weight is 293 g/mol. The maximum absolute atomic E-state index is 12.0. The molecule has 1 heterocycles. The molecule has 0 aromatic heterocycles. The molecule has 2 rings (SSSR count). The third-order valence-corrected chi connectivity index (χ3v) is 4.02. The van der Waals surface area contributed by atoms with Crippen molar-refractivity contribution in [1.82, 2.24) is 4.90 Å². The molecule has 0 unspecified atom stereocenters. The fourth-order valence-corrected chi connectivity index (χ4v) is 3.03. The van der Waals surface area contributed by atoms with E-state index in [1.54, 1.807) is 18.2 Å². The van der Waals surface area contributed by atoms with E-state index in [1.807, 2.05) is 6.92 Å². The lowest BCUT2D eigenvalue weighted by atomic mass is 10.1. The van der Waals surface area contributed by atoms with Crippen LogP contribution in [0.3, 0.4) is 0 Å². The van der Waals surface area contributed by atoms with Gasteiger partial charge in [-0.25, -0.2) is 4.79 Å². The molecule has 1 aliphatic rings. The van der Waals surface area contributed by atoms with Crippen LogP contribution in [-0.4, -0.2) is 32.7 Å². The number of thiocarbonyl (C=S) groups is 1. The standard InChI is InChI=1S/C13H11NO3S2/c1-2-14-11(15)10(19-13(14)18)7-8-3-5-9(6-4-8)12(16)17/h3-7H,2H2,1H3,(H,16,17)/b10-7+. The van der Waals surface area contributed by atoms with E-state index >= 15 is 0 Å². The van der Waals surface area contributed by atoms with Crippen LogP contribution in [-0.2, 0) is 4.79 Å². The Labute approximate surface area is 120 Å². The zero-order chi connectivity index (χ0) is 14.0. The van der Waals surface area contributed by atoms with Crippen molar-refractivity contribution < 1.29 is 14.7 Å². The third kappa shape index (κ3) is 2.85. The molecular weight excluding hydrogens is 282 g/mol. The molecule has 0 atom stereocenters. The highest BCUT2D eigenvalue weighted by molar-refractivity contribution is 8.26. The van der Waals surface area contributed by atoms with Gasteiger partial charge in [-0.2, -0.15) is 0 Å². The second kappa shape index (κ2) is 5.54. The maximum atomic E-state index is 12.0. The number of rotatable bonds is 3. The quantitative estimate of drug-likeness (QED) is 0.686. The fraction of sp³-hybridized carbons (Fsp3) is 0.154. The Kier molecular flexibility index (Phi) is 4.01. The van der Waals surface area contributed by atoms with Crippen molar-refractivity contribution in [2.75, 3.05) is 6.54 Å². The number of thioether (sulfide) groups is 1. The number of benzene rings is 1. The molecule has 1 aromatic rings. The molecule has 4 nitrogen and oxygen atoms in total. The minimum absolute atomic E-state index is 0.0974. The Bertz CT molecular complexity index is 578. The molecule has 0 saturated carbocycles. The fourth-order valence-electron chi connectivity index (χ4n) is 1.65. The summed E-state index contributed by atoms with van der Waals surface area (Å²) in [7, 11) is 0. The van der Waals surface area contributed by atoms with Gasteiger partial charge in [0.15, 0.2) is 0 Å². The van der Waals surface area contributed by atoms with E-state index in [4.69, 9.17) is 17.3 Å². The van der Waals surface area contributed by atoms with Crippen LogP contribution < -0.4 is 0 Å².